The lowest BCUT2D eigenvalue weighted by molar-refractivity contribution is -0.139. The van der Waals surface area contributed by atoms with Crippen molar-refractivity contribution >= 4 is 23.4 Å². The summed E-state index contributed by atoms with van der Waals surface area (Å²) in [5, 5.41) is 19.4. The van der Waals surface area contributed by atoms with Crippen molar-refractivity contribution in [2.75, 3.05) is 6.61 Å². The molecule has 0 radical (unpaired) electrons. The first kappa shape index (κ1) is 24.4. The first-order valence-electron chi connectivity index (χ1n) is 11.6. The van der Waals surface area contributed by atoms with Crippen molar-refractivity contribution in [2.24, 2.45) is 4.99 Å². The van der Waals surface area contributed by atoms with Crippen molar-refractivity contribution in [1.82, 2.24) is 4.57 Å². The molecular formula is C27H24N2O7S. The minimum absolute atomic E-state index is 0.157. The third kappa shape index (κ3) is 4.75. The zero-order chi connectivity index (χ0) is 26.1. The van der Waals surface area contributed by atoms with E-state index in [2.05, 4.69) is 4.99 Å². The number of carbonyl (C=O) groups is 1. The van der Waals surface area contributed by atoms with Gasteiger partial charge < -0.3 is 24.4 Å². The van der Waals surface area contributed by atoms with Crippen molar-refractivity contribution in [3.63, 3.8) is 0 Å². The number of aromatic hydroxyl groups is 2. The van der Waals surface area contributed by atoms with Crippen molar-refractivity contribution in [2.45, 2.75) is 32.6 Å². The van der Waals surface area contributed by atoms with Crippen LogP contribution in [0.15, 0.2) is 81.6 Å². The van der Waals surface area contributed by atoms with Crippen molar-refractivity contribution in [3.8, 4) is 11.5 Å². The van der Waals surface area contributed by atoms with Crippen LogP contribution in [0.25, 0.3) is 6.08 Å². The second-order valence-electron chi connectivity index (χ2n) is 8.44. The molecule has 2 N–H and O–H groups in total. The maximum Gasteiger partial charge on any atom is 0.338 e. The van der Waals surface area contributed by atoms with E-state index in [4.69, 9.17) is 14.2 Å². The first-order chi connectivity index (χ1) is 17.9. The molecular weight excluding hydrogens is 496 g/mol. The quantitative estimate of drug-likeness (QED) is 0.379. The van der Waals surface area contributed by atoms with Gasteiger partial charge in [-0.05, 0) is 43.2 Å². The van der Waals surface area contributed by atoms with Crippen LogP contribution in [0.1, 0.15) is 31.0 Å². The summed E-state index contributed by atoms with van der Waals surface area (Å²) in [6.45, 7) is 3.55. The molecule has 3 aromatic rings. The van der Waals surface area contributed by atoms with E-state index in [-0.39, 0.29) is 23.7 Å². The van der Waals surface area contributed by atoms with E-state index >= 15 is 0 Å². The molecule has 37 heavy (non-hydrogen) atoms. The molecule has 0 aliphatic carbocycles. The minimum atomic E-state index is -0.925. The Morgan fingerprint density at radius 2 is 1.97 bits per heavy atom. The maximum absolute atomic E-state index is 13.6. The average molecular weight is 521 g/mol. The number of rotatable bonds is 6. The van der Waals surface area contributed by atoms with E-state index < -0.39 is 23.9 Å². The molecule has 2 aromatic carbocycles. The summed E-state index contributed by atoms with van der Waals surface area (Å²) in [6, 6.07) is 13.0. The molecule has 0 fully saturated rings. The summed E-state index contributed by atoms with van der Waals surface area (Å²) >= 11 is 1.14. The molecule has 190 valence electrons. The Morgan fingerprint density at radius 3 is 2.70 bits per heavy atom. The number of ether oxygens (including phenoxy) is 3. The number of benzene rings is 2. The number of hydrogen-bond acceptors (Lipinski definition) is 9. The summed E-state index contributed by atoms with van der Waals surface area (Å²) in [4.78, 5) is 31.5. The van der Waals surface area contributed by atoms with Gasteiger partial charge in [0.25, 0.3) is 5.56 Å². The lowest BCUT2D eigenvalue weighted by atomic mass is 10.0. The largest absolute Gasteiger partial charge is 0.504 e. The number of allylic oxidation sites excluding steroid dienone is 2. The number of hydrogen-bond donors (Lipinski definition) is 2. The number of fused-ring (bicyclic) bond motifs is 1. The third-order valence-electron chi connectivity index (χ3n) is 5.93. The third-order valence-corrected chi connectivity index (χ3v) is 6.92. The van der Waals surface area contributed by atoms with Crippen LogP contribution in [0.3, 0.4) is 0 Å². The van der Waals surface area contributed by atoms with Crippen LogP contribution in [0.4, 0.5) is 0 Å². The molecule has 10 heteroatoms. The van der Waals surface area contributed by atoms with Gasteiger partial charge >= 0.3 is 5.97 Å². The van der Waals surface area contributed by atoms with E-state index in [1.807, 2.05) is 30.3 Å². The molecule has 3 heterocycles. The Morgan fingerprint density at radius 1 is 1.19 bits per heavy atom. The normalized spacial score (nSPS) is 19.0. The maximum atomic E-state index is 13.6. The van der Waals surface area contributed by atoms with Crippen molar-refractivity contribution in [3.05, 3.63) is 103 Å². The summed E-state index contributed by atoms with van der Waals surface area (Å²) in [5.41, 5.74) is 1.74. The van der Waals surface area contributed by atoms with E-state index in [1.54, 1.807) is 26.0 Å². The summed E-state index contributed by atoms with van der Waals surface area (Å²) < 4.78 is 18.9. The SMILES string of the molecule is CCOC(=O)C1=C(C)N=c2sc(=Cc3ccc(O)c(O)c3)c(=O)n2C1C1=COC(Cc2ccccc2)O1. The van der Waals surface area contributed by atoms with Gasteiger partial charge in [-0.2, -0.15) is 0 Å². The Kier molecular flexibility index (Phi) is 6.58. The molecule has 2 atom stereocenters. The Labute approximate surface area is 215 Å². The van der Waals surface area contributed by atoms with Gasteiger partial charge in [-0.25, -0.2) is 9.79 Å². The number of thiazole rings is 1. The fourth-order valence-electron chi connectivity index (χ4n) is 4.22. The fraction of sp³-hybridized carbons (Fsp3) is 0.222. The van der Waals surface area contributed by atoms with Gasteiger partial charge in [0.2, 0.25) is 6.29 Å². The molecule has 0 saturated heterocycles. The number of aromatic nitrogens is 1. The highest BCUT2D eigenvalue weighted by molar-refractivity contribution is 7.07. The van der Waals surface area contributed by atoms with Gasteiger partial charge in [0.15, 0.2) is 22.1 Å². The molecule has 0 bridgehead atoms. The lowest BCUT2D eigenvalue weighted by Gasteiger charge is -2.24. The van der Waals surface area contributed by atoms with Crippen LogP contribution in [0, 0.1) is 0 Å². The van der Waals surface area contributed by atoms with Gasteiger partial charge in [-0.15, -0.1) is 0 Å². The molecule has 0 spiro atoms. The highest BCUT2D eigenvalue weighted by Crippen LogP contribution is 2.35. The molecule has 9 nitrogen and oxygen atoms in total. The van der Waals surface area contributed by atoms with E-state index in [0.29, 0.717) is 32.8 Å². The predicted molar refractivity (Wildman–Crippen MR) is 135 cm³/mol. The molecule has 2 unspecified atom stereocenters. The Hall–Kier alpha value is -4.31. The second kappa shape index (κ2) is 9.98. The van der Waals surface area contributed by atoms with Crippen LogP contribution in [-0.4, -0.2) is 33.6 Å². The highest BCUT2D eigenvalue weighted by Gasteiger charge is 2.39. The predicted octanol–water partition coefficient (Wildman–Crippen LogP) is 2.62. The molecule has 0 saturated carbocycles. The number of phenolic OH excluding ortho intramolecular Hbond substituents is 2. The van der Waals surface area contributed by atoms with Gasteiger partial charge in [0.05, 0.1) is 22.4 Å². The van der Waals surface area contributed by atoms with E-state index in [0.717, 1.165) is 16.9 Å². The molecule has 2 aliphatic heterocycles. The first-order valence-corrected chi connectivity index (χ1v) is 12.4. The summed E-state index contributed by atoms with van der Waals surface area (Å²) in [5.74, 6) is -0.856. The zero-order valence-corrected chi connectivity index (χ0v) is 20.9. The zero-order valence-electron chi connectivity index (χ0n) is 20.1. The number of phenols is 2. The smallest absolute Gasteiger partial charge is 0.338 e. The molecule has 5 rings (SSSR count). The topological polar surface area (TPSA) is 120 Å². The standard InChI is InChI=1S/C27H24N2O7S/c1-3-34-26(33)23-15(2)28-27-29(25(32)21(37-27)12-17-9-10-18(30)19(31)11-17)24(23)20-14-35-22(36-20)13-16-7-5-4-6-8-16/h4-12,14,22,24,30-31H,3,13H2,1-2H3. The molecule has 2 aliphatic rings. The van der Waals surface area contributed by atoms with E-state index in [9.17, 15) is 19.8 Å². The number of nitrogens with zero attached hydrogens (tertiary/aromatic N) is 2. The van der Waals surface area contributed by atoms with Gasteiger partial charge in [-0.1, -0.05) is 47.7 Å². The van der Waals surface area contributed by atoms with Crippen molar-refractivity contribution in [1.29, 1.82) is 0 Å². The van der Waals surface area contributed by atoms with Crippen molar-refractivity contribution < 1.29 is 29.2 Å². The van der Waals surface area contributed by atoms with Crippen LogP contribution in [0.2, 0.25) is 0 Å². The van der Waals surface area contributed by atoms with Crippen LogP contribution in [0.5, 0.6) is 11.5 Å². The highest BCUT2D eigenvalue weighted by atomic mass is 32.1. The summed E-state index contributed by atoms with van der Waals surface area (Å²) in [7, 11) is 0. The van der Waals surface area contributed by atoms with Crippen LogP contribution < -0.4 is 14.9 Å². The Balaban J connectivity index is 1.57. The van der Waals surface area contributed by atoms with E-state index in [1.165, 1.54) is 23.0 Å². The summed E-state index contributed by atoms with van der Waals surface area (Å²) in [6.07, 6.45) is 2.88. The van der Waals surface area contributed by atoms with Gasteiger partial charge in [0.1, 0.15) is 12.3 Å². The lowest BCUT2D eigenvalue weighted by Crippen LogP contribution is -2.40. The van der Waals surface area contributed by atoms with Gasteiger partial charge in [0, 0.05) is 6.42 Å². The Bertz CT molecular complexity index is 1600. The fourth-order valence-corrected chi connectivity index (χ4v) is 5.26. The number of carbonyl (C=O) groups excluding carboxylic acids is 1. The molecule has 1 aromatic heterocycles. The average Bonchev–Trinajstić information content (AvgIpc) is 3.45. The van der Waals surface area contributed by atoms with Crippen LogP contribution >= 0.6 is 11.3 Å². The number of esters is 1. The second-order valence-corrected chi connectivity index (χ2v) is 9.45. The molecule has 0 amide bonds. The monoisotopic (exact) mass is 520 g/mol. The minimum Gasteiger partial charge on any atom is -0.504 e. The van der Waals surface area contributed by atoms with Crippen LogP contribution in [-0.2, 0) is 25.4 Å². The van der Waals surface area contributed by atoms with Gasteiger partial charge in [-0.3, -0.25) is 9.36 Å².